The second-order valence-corrected chi connectivity index (χ2v) is 7.47. The molecular formula is C19H17ClFN3O2S. The minimum atomic E-state index is -0.860. The second-order valence-electron chi connectivity index (χ2n) is 6.16. The summed E-state index contributed by atoms with van der Waals surface area (Å²) in [6.45, 7) is 2.71. The molecule has 1 aromatic carbocycles. The Hall–Kier alpha value is -2.25. The molecule has 1 aromatic heterocycles. The van der Waals surface area contributed by atoms with Gasteiger partial charge in [0.05, 0.1) is 12.2 Å². The van der Waals surface area contributed by atoms with Crippen molar-refractivity contribution in [3.05, 3.63) is 62.5 Å². The van der Waals surface area contributed by atoms with Crippen molar-refractivity contribution >= 4 is 34.7 Å². The summed E-state index contributed by atoms with van der Waals surface area (Å²) in [5.41, 5.74) is 1.37. The quantitative estimate of drug-likeness (QED) is 0.709. The first-order valence-corrected chi connectivity index (χ1v) is 9.96. The molecule has 140 valence electrons. The van der Waals surface area contributed by atoms with Crippen LogP contribution in [-0.2, 0) is 9.53 Å². The number of hydrogen-bond acceptors (Lipinski definition) is 6. The number of nitrogens with zero attached hydrogens (tertiary/aromatic N) is 3. The molecule has 0 bridgehead atoms. The van der Waals surface area contributed by atoms with E-state index in [2.05, 4.69) is 4.98 Å². The highest BCUT2D eigenvalue weighted by Gasteiger charge is 2.40. The molecule has 0 spiro atoms. The van der Waals surface area contributed by atoms with Crippen LogP contribution in [0.5, 0.6) is 0 Å². The lowest BCUT2D eigenvalue weighted by Gasteiger charge is -2.32. The minimum absolute atomic E-state index is 0.190. The molecule has 1 atom stereocenters. The molecule has 2 aliphatic rings. The molecule has 1 unspecified atom stereocenters. The number of aliphatic imine (C=N–C) groups is 1. The monoisotopic (exact) mass is 405 g/mol. The fourth-order valence-corrected chi connectivity index (χ4v) is 4.43. The van der Waals surface area contributed by atoms with Crippen LogP contribution in [0.4, 0.5) is 4.39 Å². The van der Waals surface area contributed by atoms with Crippen molar-refractivity contribution in [2.45, 2.75) is 25.8 Å². The largest absolute Gasteiger partial charge is 0.463 e. The number of halogens is 2. The summed E-state index contributed by atoms with van der Waals surface area (Å²) < 4.78 is 20.0. The number of ether oxygens (including phenoxy) is 1. The van der Waals surface area contributed by atoms with Crippen LogP contribution in [0.25, 0.3) is 0 Å². The Morgan fingerprint density at radius 1 is 1.48 bits per heavy atom. The number of rotatable bonds is 4. The summed E-state index contributed by atoms with van der Waals surface area (Å²) in [4.78, 5) is 23.9. The van der Waals surface area contributed by atoms with Gasteiger partial charge in [-0.15, -0.1) is 11.3 Å². The number of esters is 1. The molecule has 0 saturated carbocycles. The summed E-state index contributed by atoms with van der Waals surface area (Å²) in [6, 6.07) is 3.61. The van der Waals surface area contributed by atoms with Crippen LogP contribution in [0.15, 0.2) is 46.0 Å². The van der Waals surface area contributed by atoms with E-state index in [1.165, 1.54) is 23.5 Å². The van der Waals surface area contributed by atoms with Gasteiger partial charge in [0.15, 0.2) is 10.8 Å². The fourth-order valence-electron chi connectivity index (χ4n) is 3.53. The van der Waals surface area contributed by atoms with Gasteiger partial charge in [0.2, 0.25) is 0 Å². The van der Waals surface area contributed by atoms with Gasteiger partial charge >= 0.3 is 5.97 Å². The van der Waals surface area contributed by atoms with Gasteiger partial charge in [0, 0.05) is 34.4 Å². The number of benzene rings is 1. The molecule has 0 N–H and O–H groups in total. The summed E-state index contributed by atoms with van der Waals surface area (Å²) >= 11 is 7.77. The van der Waals surface area contributed by atoms with Gasteiger partial charge in [-0.25, -0.2) is 14.2 Å². The third-order valence-corrected chi connectivity index (χ3v) is 5.70. The van der Waals surface area contributed by atoms with Gasteiger partial charge in [0.1, 0.15) is 11.9 Å². The Morgan fingerprint density at radius 3 is 3.04 bits per heavy atom. The maximum atomic E-state index is 14.7. The molecule has 27 heavy (non-hydrogen) atoms. The topological polar surface area (TPSA) is 54.8 Å². The molecule has 3 heterocycles. The molecule has 2 aliphatic heterocycles. The van der Waals surface area contributed by atoms with Gasteiger partial charge in [-0.1, -0.05) is 17.7 Å². The third-order valence-electron chi connectivity index (χ3n) is 4.60. The van der Waals surface area contributed by atoms with Crippen molar-refractivity contribution in [2.75, 3.05) is 13.2 Å². The molecule has 8 heteroatoms. The van der Waals surface area contributed by atoms with E-state index in [4.69, 9.17) is 21.3 Å². The molecule has 4 rings (SSSR count). The summed E-state index contributed by atoms with van der Waals surface area (Å²) in [6.07, 6.45) is 3.27. The number of thiazole rings is 1. The normalized spacial score (nSPS) is 19.1. The van der Waals surface area contributed by atoms with Crippen molar-refractivity contribution in [1.29, 1.82) is 0 Å². The molecule has 0 radical (unpaired) electrons. The van der Waals surface area contributed by atoms with Crippen LogP contribution < -0.4 is 0 Å². The predicted octanol–water partition coefficient (Wildman–Crippen LogP) is 4.35. The first-order valence-electron chi connectivity index (χ1n) is 8.71. The maximum absolute atomic E-state index is 14.7. The lowest BCUT2D eigenvalue weighted by Crippen LogP contribution is -2.35. The highest BCUT2D eigenvalue weighted by atomic mass is 35.5. The van der Waals surface area contributed by atoms with Crippen molar-refractivity contribution in [2.24, 2.45) is 4.99 Å². The molecule has 5 nitrogen and oxygen atoms in total. The molecule has 2 aromatic rings. The van der Waals surface area contributed by atoms with Crippen molar-refractivity contribution < 1.29 is 13.9 Å². The number of hydrogen-bond donors (Lipinski definition) is 0. The Bertz CT molecular complexity index is 922. The average Bonchev–Trinajstić information content (AvgIpc) is 3.33. The number of carbonyl (C=O) groups is 1. The summed E-state index contributed by atoms with van der Waals surface area (Å²) in [7, 11) is 0. The van der Waals surface area contributed by atoms with E-state index in [1.54, 1.807) is 19.2 Å². The standard InChI is InChI=1S/C19H17ClFN3O2S/c1-2-26-19(25)15-13-7-4-9-24(13)17(18-22-8-10-27-18)23-16(15)14-11(20)5-3-6-12(14)21/h3,5-6,8,10,16H,2,4,7,9H2,1H3. The van der Waals surface area contributed by atoms with Gasteiger partial charge < -0.3 is 9.64 Å². The van der Waals surface area contributed by atoms with E-state index in [0.29, 0.717) is 17.8 Å². The van der Waals surface area contributed by atoms with Gasteiger partial charge in [0.25, 0.3) is 0 Å². The Labute approximate surface area is 165 Å². The lowest BCUT2D eigenvalue weighted by atomic mass is 9.94. The summed E-state index contributed by atoms with van der Waals surface area (Å²) in [5.74, 6) is -0.330. The Morgan fingerprint density at radius 2 is 2.33 bits per heavy atom. The van der Waals surface area contributed by atoms with Crippen molar-refractivity contribution in [1.82, 2.24) is 9.88 Å². The molecule has 0 aliphatic carbocycles. The summed E-state index contributed by atoms with van der Waals surface area (Å²) in [5, 5.41) is 2.83. The highest BCUT2D eigenvalue weighted by molar-refractivity contribution is 7.11. The van der Waals surface area contributed by atoms with E-state index < -0.39 is 17.8 Å². The van der Waals surface area contributed by atoms with Crippen LogP contribution in [0.3, 0.4) is 0 Å². The van der Waals surface area contributed by atoms with Crippen molar-refractivity contribution in [3.63, 3.8) is 0 Å². The van der Waals surface area contributed by atoms with Gasteiger partial charge in [-0.05, 0) is 31.9 Å². The van der Waals surface area contributed by atoms with Crippen LogP contribution in [0.1, 0.15) is 36.4 Å². The number of carbonyl (C=O) groups excluding carboxylic acids is 1. The smallest absolute Gasteiger partial charge is 0.338 e. The van der Waals surface area contributed by atoms with Crippen LogP contribution in [-0.4, -0.2) is 34.8 Å². The average molecular weight is 406 g/mol. The first kappa shape index (κ1) is 18.1. The van der Waals surface area contributed by atoms with E-state index in [1.807, 2.05) is 10.3 Å². The molecule has 1 saturated heterocycles. The van der Waals surface area contributed by atoms with E-state index in [-0.39, 0.29) is 17.2 Å². The Kier molecular flexibility index (Phi) is 4.97. The lowest BCUT2D eigenvalue weighted by molar-refractivity contribution is -0.139. The molecule has 0 amide bonds. The van der Waals surface area contributed by atoms with Crippen molar-refractivity contribution in [3.8, 4) is 0 Å². The fraction of sp³-hybridized carbons (Fsp3) is 0.316. The van der Waals surface area contributed by atoms with Crippen LogP contribution >= 0.6 is 22.9 Å². The van der Waals surface area contributed by atoms with Gasteiger partial charge in [-0.3, -0.25) is 4.99 Å². The second kappa shape index (κ2) is 7.40. The zero-order valence-corrected chi connectivity index (χ0v) is 16.2. The number of fused-ring (bicyclic) bond motifs is 1. The minimum Gasteiger partial charge on any atom is -0.463 e. The van der Waals surface area contributed by atoms with Crippen LogP contribution in [0.2, 0.25) is 5.02 Å². The van der Waals surface area contributed by atoms with Crippen LogP contribution in [0, 0.1) is 5.82 Å². The van der Waals surface area contributed by atoms with E-state index in [9.17, 15) is 9.18 Å². The molecular weight excluding hydrogens is 389 g/mol. The first-order chi connectivity index (χ1) is 13.1. The van der Waals surface area contributed by atoms with E-state index in [0.717, 1.165) is 23.7 Å². The third kappa shape index (κ3) is 3.15. The number of allylic oxidation sites excluding steroid dienone is 1. The highest BCUT2D eigenvalue weighted by Crippen LogP contribution is 2.43. The SMILES string of the molecule is CCOC(=O)C1=C2CCCN2C(c2nccs2)=NC1c1c(F)cccc1Cl. The number of amidine groups is 1. The number of aromatic nitrogens is 1. The Balaban J connectivity index is 1.93. The zero-order valence-electron chi connectivity index (χ0n) is 14.6. The molecule has 1 fully saturated rings. The predicted molar refractivity (Wildman–Crippen MR) is 102 cm³/mol. The maximum Gasteiger partial charge on any atom is 0.338 e. The van der Waals surface area contributed by atoms with Gasteiger partial charge in [-0.2, -0.15) is 0 Å². The zero-order chi connectivity index (χ0) is 19.0. The van der Waals surface area contributed by atoms with E-state index >= 15 is 0 Å².